The van der Waals surface area contributed by atoms with Crippen molar-refractivity contribution < 1.29 is 19.1 Å². The summed E-state index contributed by atoms with van der Waals surface area (Å²) < 4.78 is 10.8. The summed E-state index contributed by atoms with van der Waals surface area (Å²) in [5, 5.41) is 3.09. The van der Waals surface area contributed by atoms with Crippen LogP contribution in [-0.4, -0.2) is 37.0 Å². The van der Waals surface area contributed by atoms with Gasteiger partial charge >= 0.3 is 0 Å². The number of methoxy groups -OCH3 is 2. The van der Waals surface area contributed by atoms with Crippen LogP contribution in [0.25, 0.3) is 0 Å². The molecule has 0 unspecified atom stereocenters. The van der Waals surface area contributed by atoms with Crippen LogP contribution in [0.4, 0.5) is 0 Å². The summed E-state index contributed by atoms with van der Waals surface area (Å²) in [6.45, 7) is 2.72. The van der Waals surface area contributed by atoms with Crippen molar-refractivity contribution in [2.45, 2.75) is 38.9 Å². The SMILES string of the molecule is COc1ccc(CC(=O)N(Cc2ccccc2)[C@H](Cc2ccccc2)C(=O)NCc2ccc(C)cc2)cc1OC. The summed E-state index contributed by atoms with van der Waals surface area (Å²) in [4.78, 5) is 29.5. The lowest BCUT2D eigenvalue weighted by atomic mass is 10.0. The Bertz CT molecular complexity index is 1390. The number of benzene rings is 4. The van der Waals surface area contributed by atoms with Crippen LogP contribution < -0.4 is 14.8 Å². The third-order valence-electron chi connectivity index (χ3n) is 6.86. The lowest BCUT2D eigenvalue weighted by Gasteiger charge is -2.32. The first-order valence-electron chi connectivity index (χ1n) is 13.4. The predicted molar refractivity (Wildman–Crippen MR) is 157 cm³/mol. The summed E-state index contributed by atoms with van der Waals surface area (Å²) in [6.07, 6.45) is 0.509. The van der Waals surface area contributed by atoms with Crippen molar-refractivity contribution in [2.75, 3.05) is 14.2 Å². The maximum atomic E-state index is 14.0. The highest BCUT2D eigenvalue weighted by Gasteiger charge is 2.30. The Morgan fingerprint density at radius 3 is 1.95 bits per heavy atom. The van der Waals surface area contributed by atoms with Crippen molar-refractivity contribution in [1.29, 1.82) is 0 Å². The third kappa shape index (κ3) is 7.73. The molecule has 0 aliphatic rings. The molecule has 4 rings (SSSR count). The number of carbonyl (C=O) groups is 2. The fourth-order valence-corrected chi connectivity index (χ4v) is 4.61. The van der Waals surface area contributed by atoms with Crippen molar-refractivity contribution in [3.05, 3.63) is 131 Å². The number of rotatable bonds is 12. The molecule has 0 heterocycles. The van der Waals surface area contributed by atoms with Crippen molar-refractivity contribution in [1.82, 2.24) is 10.2 Å². The molecule has 0 saturated heterocycles. The van der Waals surface area contributed by atoms with E-state index in [9.17, 15) is 9.59 Å². The molecular weight excluding hydrogens is 500 g/mol. The molecule has 0 aromatic heterocycles. The molecule has 0 radical (unpaired) electrons. The van der Waals surface area contributed by atoms with Crippen LogP contribution in [0.5, 0.6) is 11.5 Å². The number of aryl methyl sites for hydroxylation is 1. The van der Waals surface area contributed by atoms with Gasteiger partial charge in [-0.3, -0.25) is 9.59 Å². The van der Waals surface area contributed by atoms with E-state index >= 15 is 0 Å². The highest BCUT2D eigenvalue weighted by Crippen LogP contribution is 2.28. The number of ether oxygens (including phenoxy) is 2. The topological polar surface area (TPSA) is 67.9 Å². The van der Waals surface area contributed by atoms with Crippen LogP contribution in [-0.2, 0) is 35.5 Å². The van der Waals surface area contributed by atoms with Gasteiger partial charge in [-0.05, 0) is 41.3 Å². The number of hydrogen-bond donors (Lipinski definition) is 1. The number of amides is 2. The molecule has 4 aromatic rings. The second-order valence-electron chi connectivity index (χ2n) is 9.78. The van der Waals surface area contributed by atoms with Crippen molar-refractivity contribution >= 4 is 11.8 Å². The van der Waals surface area contributed by atoms with Gasteiger partial charge in [0.15, 0.2) is 11.5 Å². The smallest absolute Gasteiger partial charge is 0.243 e. The van der Waals surface area contributed by atoms with E-state index in [1.54, 1.807) is 31.3 Å². The van der Waals surface area contributed by atoms with Crippen LogP contribution in [0, 0.1) is 6.92 Å². The van der Waals surface area contributed by atoms with Crippen molar-refractivity contribution in [2.24, 2.45) is 0 Å². The quantitative estimate of drug-likeness (QED) is 0.259. The van der Waals surface area contributed by atoms with Gasteiger partial charge in [0, 0.05) is 19.5 Å². The average molecular weight is 537 g/mol. The first kappa shape index (κ1) is 28.4. The molecule has 0 aliphatic carbocycles. The van der Waals surface area contributed by atoms with Crippen LogP contribution in [0.3, 0.4) is 0 Å². The summed E-state index contributed by atoms with van der Waals surface area (Å²) in [6, 6.07) is 32.4. The van der Waals surface area contributed by atoms with Gasteiger partial charge in [0.1, 0.15) is 6.04 Å². The molecule has 6 nitrogen and oxygen atoms in total. The first-order valence-corrected chi connectivity index (χ1v) is 13.4. The molecule has 0 fully saturated rings. The highest BCUT2D eigenvalue weighted by molar-refractivity contribution is 5.89. The van der Waals surface area contributed by atoms with E-state index in [4.69, 9.17) is 9.47 Å². The Morgan fingerprint density at radius 2 is 1.32 bits per heavy atom. The van der Waals surface area contributed by atoms with E-state index in [0.717, 1.165) is 27.8 Å². The van der Waals surface area contributed by atoms with E-state index in [2.05, 4.69) is 5.32 Å². The fourth-order valence-electron chi connectivity index (χ4n) is 4.61. The van der Waals surface area contributed by atoms with E-state index in [1.807, 2.05) is 97.9 Å². The normalized spacial score (nSPS) is 11.4. The van der Waals surface area contributed by atoms with Gasteiger partial charge in [-0.15, -0.1) is 0 Å². The Kier molecular flexibility index (Phi) is 9.94. The van der Waals surface area contributed by atoms with Crippen molar-refractivity contribution in [3.8, 4) is 11.5 Å². The monoisotopic (exact) mass is 536 g/mol. The molecule has 0 saturated carbocycles. The van der Waals surface area contributed by atoms with E-state index in [0.29, 0.717) is 31.0 Å². The molecule has 0 aliphatic heterocycles. The van der Waals surface area contributed by atoms with Crippen molar-refractivity contribution in [3.63, 3.8) is 0 Å². The van der Waals surface area contributed by atoms with Gasteiger partial charge in [0.05, 0.1) is 20.6 Å². The molecule has 0 bridgehead atoms. The lowest BCUT2D eigenvalue weighted by Crippen LogP contribution is -2.50. The fraction of sp³-hybridized carbons (Fsp3) is 0.235. The number of nitrogens with one attached hydrogen (secondary N) is 1. The standard InChI is InChI=1S/C34H36N2O4/c1-25-14-16-27(17-15-25)23-35-34(38)30(20-26-10-6-4-7-11-26)36(24-28-12-8-5-9-13-28)33(37)22-29-18-19-31(39-2)32(21-29)40-3/h4-19,21,30H,20,22-24H2,1-3H3,(H,35,38)/t30-/m1/s1. The first-order chi connectivity index (χ1) is 19.5. The summed E-state index contributed by atoms with van der Waals surface area (Å²) in [5.74, 6) is 0.805. The van der Waals surface area contributed by atoms with Gasteiger partial charge in [-0.1, -0.05) is 96.6 Å². The minimum absolute atomic E-state index is 0.115. The van der Waals surface area contributed by atoms with Crippen LogP contribution >= 0.6 is 0 Å². The molecule has 0 spiro atoms. The van der Waals surface area contributed by atoms with E-state index < -0.39 is 6.04 Å². The maximum absolute atomic E-state index is 14.0. The van der Waals surface area contributed by atoms with Gasteiger partial charge in [0.25, 0.3) is 0 Å². The Morgan fingerprint density at radius 1 is 0.725 bits per heavy atom. The Hall–Kier alpha value is -4.58. The average Bonchev–Trinajstić information content (AvgIpc) is 2.99. The minimum Gasteiger partial charge on any atom is -0.493 e. The molecule has 6 heteroatoms. The summed E-state index contributed by atoms with van der Waals surface area (Å²) in [5.41, 5.74) is 4.87. The molecule has 4 aromatic carbocycles. The largest absolute Gasteiger partial charge is 0.493 e. The molecule has 1 atom stereocenters. The van der Waals surface area contributed by atoms with E-state index in [1.165, 1.54) is 0 Å². The zero-order valence-corrected chi connectivity index (χ0v) is 23.3. The second kappa shape index (κ2) is 14.0. The number of hydrogen-bond acceptors (Lipinski definition) is 4. The molecule has 1 N–H and O–H groups in total. The lowest BCUT2D eigenvalue weighted by molar-refractivity contribution is -0.140. The van der Waals surface area contributed by atoms with Gasteiger partial charge in [0.2, 0.25) is 11.8 Å². The van der Waals surface area contributed by atoms with Gasteiger partial charge in [-0.2, -0.15) is 0 Å². The van der Waals surface area contributed by atoms with E-state index in [-0.39, 0.29) is 18.2 Å². The molecular formula is C34H36N2O4. The third-order valence-corrected chi connectivity index (χ3v) is 6.86. The van der Waals surface area contributed by atoms with Gasteiger partial charge in [-0.25, -0.2) is 0 Å². The number of carbonyl (C=O) groups excluding carboxylic acids is 2. The van der Waals surface area contributed by atoms with Crippen LogP contribution in [0.2, 0.25) is 0 Å². The summed E-state index contributed by atoms with van der Waals surface area (Å²) in [7, 11) is 3.15. The number of nitrogens with zero attached hydrogens (tertiary/aromatic N) is 1. The summed E-state index contributed by atoms with van der Waals surface area (Å²) >= 11 is 0. The van der Waals surface area contributed by atoms with Crippen LogP contribution in [0.1, 0.15) is 27.8 Å². The Labute approximate surface area is 236 Å². The Balaban J connectivity index is 1.64. The highest BCUT2D eigenvalue weighted by atomic mass is 16.5. The second-order valence-corrected chi connectivity index (χ2v) is 9.78. The maximum Gasteiger partial charge on any atom is 0.243 e. The molecule has 40 heavy (non-hydrogen) atoms. The molecule has 2 amide bonds. The zero-order chi connectivity index (χ0) is 28.3. The molecule has 206 valence electrons. The predicted octanol–water partition coefficient (Wildman–Crippen LogP) is 5.51. The van der Waals surface area contributed by atoms with Crippen LogP contribution in [0.15, 0.2) is 103 Å². The zero-order valence-electron chi connectivity index (χ0n) is 23.3. The minimum atomic E-state index is -0.708. The van der Waals surface area contributed by atoms with Gasteiger partial charge < -0.3 is 19.7 Å².